The van der Waals surface area contributed by atoms with Crippen LogP contribution in [0.25, 0.3) is 11.3 Å². The van der Waals surface area contributed by atoms with Crippen molar-refractivity contribution in [1.29, 1.82) is 0 Å². The van der Waals surface area contributed by atoms with Crippen LogP contribution < -0.4 is 4.74 Å². The van der Waals surface area contributed by atoms with Crippen LogP contribution in [0, 0.1) is 12.8 Å². The standard InChI is InChI=1S/C44H53N5O3/c1-29(21-34-11-12-43(45-26-34)52-20-16-33-13-17-46(5)18-14-33)48-19-15-36-23-40(42-25-39(32(4)50)31(3)47(42)6)41(24-38(36)27-48)44(51)49-28-37-10-8-7-9-35(37)22-30(49)2/h7-12,23-26,30,33H,1,13-22,27-28H2,2-6H3. The van der Waals surface area contributed by atoms with Crippen LogP contribution in [0.2, 0.25) is 0 Å². The summed E-state index contributed by atoms with van der Waals surface area (Å²) in [4.78, 5) is 38.6. The number of hydrogen-bond acceptors (Lipinski definition) is 6. The van der Waals surface area contributed by atoms with Gasteiger partial charge in [-0.05, 0) is 125 Å². The Bertz CT molecular complexity index is 1970. The molecule has 0 N–H and O–H groups in total. The van der Waals surface area contributed by atoms with Gasteiger partial charge in [0.1, 0.15) is 0 Å². The molecule has 0 bridgehead atoms. The Balaban J connectivity index is 1.09. The number of fused-ring (bicyclic) bond motifs is 2. The summed E-state index contributed by atoms with van der Waals surface area (Å²) < 4.78 is 8.07. The number of aromatic nitrogens is 2. The number of Topliss-reactive ketones (excluding diaryl/α,β-unsaturated/α-hetero) is 1. The molecule has 1 atom stereocenters. The van der Waals surface area contributed by atoms with Crippen molar-refractivity contribution >= 4 is 11.7 Å². The van der Waals surface area contributed by atoms with Crippen LogP contribution in [0.4, 0.5) is 0 Å². The molecule has 1 unspecified atom stereocenters. The molecule has 1 amide bonds. The summed E-state index contributed by atoms with van der Waals surface area (Å²) in [7, 11) is 4.18. The van der Waals surface area contributed by atoms with Crippen molar-refractivity contribution in [3.05, 3.63) is 118 Å². The summed E-state index contributed by atoms with van der Waals surface area (Å²) in [6.07, 6.45) is 7.84. The van der Waals surface area contributed by atoms with Crippen molar-refractivity contribution < 1.29 is 14.3 Å². The summed E-state index contributed by atoms with van der Waals surface area (Å²) in [5.41, 5.74) is 11.1. The number of ether oxygens (including phenoxy) is 1. The molecule has 2 aromatic carbocycles. The predicted molar refractivity (Wildman–Crippen MR) is 207 cm³/mol. The van der Waals surface area contributed by atoms with Gasteiger partial charge < -0.3 is 24.0 Å². The Hall–Kier alpha value is -4.69. The SMILES string of the molecule is C=C(Cc1ccc(OCCC2CCN(C)CC2)nc1)N1CCc2cc(-c3cc(C(C)=O)c(C)n3C)c(C(=O)N3Cc4ccccc4CC3C)cc2C1. The van der Waals surface area contributed by atoms with Gasteiger partial charge >= 0.3 is 0 Å². The molecule has 1 saturated heterocycles. The molecule has 52 heavy (non-hydrogen) atoms. The first kappa shape index (κ1) is 35.7. The van der Waals surface area contributed by atoms with Gasteiger partial charge in [0.15, 0.2) is 5.78 Å². The molecule has 4 aromatic rings. The lowest BCUT2D eigenvalue weighted by atomic mass is 9.89. The van der Waals surface area contributed by atoms with E-state index in [2.05, 4.69) is 82.4 Å². The zero-order valence-corrected chi connectivity index (χ0v) is 31.6. The van der Waals surface area contributed by atoms with Crippen molar-refractivity contribution in [1.82, 2.24) is 24.3 Å². The number of allylic oxidation sites excluding steroid dienone is 1. The van der Waals surface area contributed by atoms with E-state index >= 15 is 0 Å². The highest BCUT2D eigenvalue weighted by Gasteiger charge is 2.31. The van der Waals surface area contributed by atoms with Crippen molar-refractivity contribution in [3.8, 4) is 17.1 Å². The molecule has 0 spiro atoms. The zero-order valence-electron chi connectivity index (χ0n) is 31.6. The summed E-state index contributed by atoms with van der Waals surface area (Å²) in [6.45, 7) is 15.4. The molecule has 2 aromatic heterocycles. The topological polar surface area (TPSA) is 70.9 Å². The van der Waals surface area contributed by atoms with Gasteiger partial charge in [-0.3, -0.25) is 9.59 Å². The lowest BCUT2D eigenvalue weighted by molar-refractivity contribution is 0.0658. The van der Waals surface area contributed by atoms with Gasteiger partial charge in [0.05, 0.1) is 6.61 Å². The van der Waals surface area contributed by atoms with Gasteiger partial charge in [0.25, 0.3) is 5.91 Å². The van der Waals surface area contributed by atoms with Crippen LogP contribution in [-0.2, 0) is 39.4 Å². The Kier molecular flexibility index (Phi) is 10.4. The maximum atomic E-state index is 14.7. The number of carbonyl (C=O) groups is 2. The van der Waals surface area contributed by atoms with Gasteiger partial charge in [-0.1, -0.05) is 36.9 Å². The van der Waals surface area contributed by atoms with E-state index in [1.54, 1.807) is 6.92 Å². The van der Waals surface area contributed by atoms with E-state index in [9.17, 15) is 9.59 Å². The van der Waals surface area contributed by atoms with Gasteiger partial charge in [0.2, 0.25) is 5.88 Å². The highest BCUT2D eigenvalue weighted by atomic mass is 16.5. The molecular formula is C44H53N5O3. The Morgan fingerprint density at radius 3 is 2.40 bits per heavy atom. The summed E-state index contributed by atoms with van der Waals surface area (Å²) in [5.74, 6) is 1.47. The minimum absolute atomic E-state index is 0.0266. The van der Waals surface area contributed by atoms with E-state index < -0.39 is 0 Å². The van der Waals surface area contributed by atoms with Crippen molar-refractivity contribution in [2.24, 2.45) is 13.0 Å². The minimum Gasteiger partial charge on any atom is -0.478 e. The number of likely N-dealkylation sites (tertiary alicyclic amines) is 1. The number of amides is 1. The Morgan fingerprint density at radius 1 is 0.923 bits per heavy atom. The first-order chi connectivity index (χ1) is 25.0. The number of rotatable bonds is 10. The number of ketones is 1. The molecule has 5 heterocycles. The number of piperidine rings is 1. The number of hydrogen-bond donors (Lipinski definition) is 0. The quantitative estimate of drug-likeness (QED) is 0.161. The Morgan fingerprint density at radius 2 is 1.69 bits per heavy atom. The number of benzene rings is 2. The fourth-order valence-corrected chi connectivity index (χ4v) is 8.32. The van der Waals surface area contributed by atoms with E-state index in [0.717, 1.165) is 65.5 Å². The van der Waals surface area contributed by atoms with Gasteiger partial charge in [-0.25, -0.2) is 4.98 Å². The summed E-state index contributed by atoms with van der Waals surface area (Å²) in [5, 5.41) is 0. The average molecular weight is 700 g/mol. The molecule has 0 aliphatic carbocycles. The van der Waals surface area contributed by atoms with Gasteiger partial charge in [-0.2, -0.15) is 0 Å². The lowest BCUT2D eigenvalue weighted by Crippen LogP contribution is -2.43. The van der Waals surface area contributed by atoms with E-state index in [1.807, 2.05) is 37.2 Å². The second-order valence-corrected chi connectivity index (χ2v) is 15.4. The van der Waals surface area contributed by atoms with Crippen molar-refractivity contribution in [2.45, 2.75) is 78.4 Å². The molecular weight excluding hydrogens is 647 g/mol. The van der Waals surface area contributed by atoms with E-state index in [0.29, 0.717) is 43.1 Å². The molecule has 3 aliphatic rings. The molecule has 7 rings (SSSR count). The molecule has 3 aliphatic heterocycles. The third-order valence-electron chi connectivity index (χ3n) is 11.8. The van der Waals surface area contributed by atoms with Crippen LogP contribution in [0.1, 0.15) is 87.3 Å². The van der Waals surface area contributed by atoms with Gasteiger partial charge in [-0.15, -0.1) is 0 Å². The first-order valence-corrected chi connectivity index (χ1v) is 19.0. The van der Waals surface area contributed by atoms with Crippen molar-refractivity contribution in [2.75, 3.05) is 33.3 Å². The van der Waals surface area contributed by atoms with Gasteiger partial charge in [0, 0.05) is 85.2 Å². The van der Waals surface area contributed by atoms with Crippen LogP contribution in [0.15, 0.2) is 73.1 Å². The molecule has 1 fully saturated rings. The summed E-state index contributed by atoms with van der Waals surface area (Å²) >= 11 is 0. The highest BCUT2D eigenvalue weighted by molar-refractivity contribution is 6.03. The summed E-state index contributed by atoms with van der Waals surface area (Å²) in [6, 6.07) is 18.9. The smallest absolute Gasteiger partial charge is 0.255 e. The lowest BCUT2D eigenvalue weighted by Gasteiger charge is -2.36. The number of pyridine rings is 1. The fraction of sp³-hybridized carbons (Fsp3) is 0.432. The Labute approximate surface area is 309 Å². The molecule has 8 heteroatoms. The normalized spacial score (nSPS) is 17.8. The van der Waals surface area contributed by atoms with Crippen LogP contribution in [-0.4, -0.2) is 75.3 Å². The third-order valence-corrected chi connectivity index (χ3v) is 11.8. The second kappa shape index (κ2) is 15.1. The first-order valence-electron chi connectivity index (χ1n) is 19.0. The van der Waals surface area contributed by atoms with Crippen LogP contribution in [0.3, 0.4) is 0 Å². The molecule has 0 radical (unpaired) electrons. The van der Waals surface area contributed by atoms with E-state index in [-0.39, 0.29) is 17.7 Å². The predicted octanol–water partition coefficient (Wildman–Crippen LogP) is 7.41. The minimum atomic E-state index is 0.0266. The third kappa shape index (κ3) is 7.45. The molecule has 272 valence electrons. The highest BCUT2D eigenvalue weighted by Crippen LogP contribution is 2.36. The van der Waals surface area contributed by atoms with Crippen molar-refractivity contribution in [3.63, 3.8) is 0 Å². The fourth-order valence-electron chi connectivity index (χ4n) is 8.32. The number of carbonyl (C=O) groups excluding carboxylic acids is 2. The zero-order chi connectivity index (χ0) is 36.5. The largest absolute Gasteiger partial charge is 0.478 e. The van der Waals surface area contributed by atoms with Crippen LogP contribution in [0.5, 0.6) is 5.88 Å². The maximum absolute atomic E-state index is 14.7. The molecule has 0 saturated carbocycles. The second-order valence-electron chi connectivity index (χ2n) is 15.4. The van der Waals surface area contributed by atoms with E-state index in [4.69, 9.17) is 4.74 Å². The monoisotopic (exact) mass is 699 g/mol. The maximum Gasteiger partial charge on any atom is 0.255 e. The van der Waals surface area contributed by atoms with Crippen LogP contribution >= 0.6 is 0 Å². The number of nitrogens with zero attached hydrogens (tertiary/aromatic N) is 5. The van der Waals surface area contributed by atoms with E-state index in [1.165, 1.54) is 42.6 Å². The molecule has 8 nitrogen and oxygen atoms in total. The average Bonchev–Trinajstić information content (AvgIpc) is 3.45.